The van der Waals surface area contributed by atoms with E-state index >= 15 is 0 Å². The van der Waals surface area contributed by atoms with E-state index in [1.807, 2.05) is 18.4 Å². The Labute approximate surface area is 90.6 Å². The second-order valence-electron chi connectivity index (χ2n) is 3.57. The highest BCUT2D eigenvalue weighted by atomic mass is 32.2. The van der Waals surface area contributed by atoms with Gasteiger partial charge in [-0.05, 0) is 0 Å². The predicted molar refractivity (Wildman–Crippen MR) is 57.5 cm³/mol. The van der Waals surface area contributed by atoms with E-state index in [0.717, 1.165) is 5.82 Å². The molecule has 0 aliphatic rings. The summed E-state index contributed by atoms with van der Waals surface area (Å²) in [6, 6.07) is 0. The number of hydrogen-bond donors (Lipinski definition) is 1. The number of rotatable bonds is 5. The highest BCUT2D eigenvalue weighted by Gasteiger charge is 2.11. The van der Waals surface area contributed by atoms with E-state index in [4.69, 9.17) is 7.05 Å². The molecular formula is C9H15N3O2S. The van der Waals surface area contributed by atoms with E-state index in [2.05, 4.69) is 4.98 Å². The Kier molecular flexibility index (Phi) is 3.87. The highest BCUT2D eigenvalue weighted by Crippen LogP contribution is 2.11. The third-order valence-electron chi connectivity index (χ3n) is 2.04. The van der Waals surface area contributed by atoms with Crippen LogP contribution in [0, 0.1) is 7.05 Å². The van der Waals surface area contributed by atoms with Gasteiger partial charge in [-0.2, -0.15) is 0 Å². The van der Waals surface area contributed by atoms with Gasteiger partial charge >= 0.3 is 0 Å². The summed E-state index contributed by atoms with van der Waals surface area (Å²) in [6.07, 6.45) is 3.43. The van der Waals surface area contributed by atoms with Gasteiger partial charge in [0.25, 0.3) is 0 Å². The van der Waals surface area contributed by atoms with Crippen molar-refractivity contribution in [1.82, 2.24) is 14.3 Å². The van der Waals surface area contributed by atoms with Crippen LogP contribution >= 0.6 is 0 Å². The van der Waals surface area contributed by atoms with Crippen LogP contribution in [0.4, 0.5) is 0 Å². The molecular weight excluding hydrogens is 214 g/mol. The van der Waals surface area contributed by atoms with Crippen molar-refractivity contribution in [3.8, 4) is 0 Å². The molecule has 0 aliphatic heterocycles. The summed E-state index contributed by atoms with van der Waals surface area (Å²) >= 11 is 0. The Morgan fingerprint density at radius 2 is 2.27 bits per heavy atom. The van der Waals surface area contributed by atoms with Crippen LogP contribution in [-0.2, 0) is 16.6 Å². The van der Waals surface area contributed by atoms with Crippen LogP contribution in [0.5, 0.6) is 0 Å². The lowest BCUT2D eigenvalue weighted by atomic mass is 10.2. The fourth-order valence-corrected chi connectivity index (χ4v) is 1.84. The number of nitrogens with one attached hydrogen (secondary N) is 1. The third-order valence-corrected chi connectivity index (χ3v) is 3.12. The molecule has 0 saturated heterocycles. The number of nitrogens with zero attached hydrogens (tertiary/aromatic N) is 2. The average Bonchev–Trinajstić information content (AvgIpc) is 2.63. The first kappa shape index (κ1) is 12.2. The molecule has 1 rings (SSSR count). The largest absolute Gasteiger partial charge is 0.334 e. The summed E-state index contributed by atoms with van der Waals surface area (Å²) in [4.78, 5) is 4.16. The summed E-state index contributed by atoms with van der Waals surface area (Å²) in [5.41, 5.74) is 0. The maximum atomic E-state index is 11.1. The first-order valence-corrected chi connectivity index (χ1v) is 6.32. The van der Waals surface area contributed by atoms with E-state index in [0.29, 0.717) is 6.54 Å². The molecule has 1 aromatic heterocycles. The van der Waals surface area contributed by atoms with Crippen LogP contribution < -0.4 is 4.72 Å². The molecule has 84 valence electrons. The number of aryl methyl sites for hydroxylation is 1. The minimum absolute atomic E-state index is 0.0421. The van der Waals surface area contributed by atoms with Crippen molar-refractivity contribution in [3.63, 3.8) is 0 Å². The van der Waals surface area contributed by atoms with Crippen molar-refractivity contribution in [2.24, 2.45) is 0 Å². The lowest BCUT2D eigenvalue weighted by Crippen LogP contribution is -2.23. The first-order chi connectivity index (χ1) is 6.96. The third kappa shape index (κ3) is 3.32. The van der Waals surface area contributed by atoms with Gasteiger partial charge in [0.15, 0.2) is 0 Å². The van der Waals surface area contributed by atoms with Crippen molar-refractivity contribution < 1.29 is 8.42 Å². The van der Waals surface area contributed by atoms with Crippen LogP contribution in [0.2, 0.25) is 0 Å². The zero-order valence-electron chi connectivity index (χ0n) is 8.84. The Hall–Kier alpha value is -0.880. The Bertz CT molecular complexity index is 409. The highest BCUT2D eigenvalue weighted by molar-refractivity contribution is 7.89. The summed E-state index contributed by atoms with van der Waals surface area (Å²) in [5, 5.41) is 0. The molecule has 0 aliphatic carbocycles. The molecule has 5 nitrogen and oxygen atoms in total. The maximum absolute atomic E-state index is 11.1. The number of imidazole rings is 1. The monoisotopic (exact) mass is 229 g/mol. The Morgan fingerprint density at radius 1 is 1.60 bits per heavy atom. The first-order valence-electron chi connectivity index (χ1n) is 4.67. The minimum Gasteiger partial charge on any atom is -0.334 e. The molecule has 0 unspecified atom stereocenters. The van der Waals surface area contributed by atoms with Gasteiger partial charge in [-0.25, -0.2) is 18.1 Å². The molecule has 0 atom stereocenters. The molecule has 0 saturated carbocycles. The summed E-state index contributed by atoms with van der Waals surface area (Å²) in [5.74, 6) is 1.11. The minimum atomic E-state index is -3.36. The van der Waals surface area contributed by atoms with Gasteiger partial charge < -0.3 is 4.57 Å². The van der Waals surface area contributed by atoms with Crippen molar-refractivity contribution in [1.29, 1.82) is 0 Å². The standard InChI is InChI=1S/C9H15N3O2S/c1-8(2)9-11-4-5-12(9)6-7-15(13,14)10-3/h3-5,8,10H,6-7H2,1-2H3. The zero-order valence-corrected chi connectivity index (χ0v) is 9.66. The second-order valence-corrected chi connectivity index (χ2v) is 5.44. The van der Waals surface area contributed by atoms with E-state index in [1.54, 1.807) is 17.1 Å². The van der Waals surface area contributed by atoms with E-state index < -0.39 is 10.0 Å². The topological polar surface area (TPSA) is 64.0 Å². The number of hydrogen-bond acceptors (Lipinski definition) is 3. The predicted octanol–water partition coefficient (Wildman–Crippen LogP) is 0.594. The number of aromatic nitrogens is 2. The van der Waals surface area contributed by atoms with E-state index in [-0.39, 0.29) is 11.7 Å². The molecule has 0 bridgehead atoms. The van der Waals surface area contributed by atoms with Gasteiger partial charge in [-0.1, -0.05) is 13.8 Å². The van der Waals surface area contributed by atoms with Crippen LogP contribution in [0.3, 0.4) is 0 Å². The summed E-state index contributed by atoms with van der Waals surface area (Å²) < 4.78 is 25.8. The van der Waals surface area contributed by atoms with Gasteiger partial charge in [0.2, 0.25) is 10.0 Å². The normalized spacial score (nSPS) is 12.3. The molecule has 0 amide bonds. The van der Waals surface area contributed by atoms with Crippen LogP contribution in [0.15, 0.2) is 12.4 Å². The van der Waals surface area contributed by atoms with Crippen LogP contribution in [-0.4, -0.2) is 23.7 Å². The van der Waals surface area contributed by atoms with Gasteiger partial charge in [-0.3, -0.25) is 0 Å². The Morgan fingerprint density at radius 3 is 2.80 bits per heavy atom. The van der Waals surface area contributed by atoms with Crippen LogP contribution in [0.25, 0.3) is 0 Å². The molecule has 0 aromatic carbocycles. The van der Waals surface area contributed by atoms with Crippen molar-refractivity contribution in [3.05, 3.63) is 25.3 Å². The van der Waals surface area contributed by atoms with Gasteiger partial charge in [0.05, 0.1) is 12.8 Å². The molecule has 15 heavy (non-hydrogen) atoms. The Balaban J connectivity index is 2.70. The molecule has 1 heterocycles. The molecule has 0 fully saturated rings. The SMILES string of the molecule is [CH]NS(=O)(=O)CCn1ccnc1C(C)C. The summed E-state index contributed by atoms with van der Waals surface area (Å²) in [6.45, 7) is 4.38. The molecule has 6 heteroatoms. The molecule has 2 radical (unpaired) electrons. The van der Waals surface area contributed by atoms with Crippen molar-refractivity contribution in [2.45, 2.75) is 26.3 Å². The van der Waals surface area contributed by atoms with Crippen molar-refractivity contribution >= 4 is 10.0 Å². The second kappa shape index (κ2) is 4.76. The fraction of sp³-hybridized carbons (Fsp3) is 0.556. The maximum Gasteiger partial charge on any atom is 0.213 e. The molecule has 1 aromatic rings. The van der Waals surface area contributed by atoms with Gasteiger partial charge in [0.1, 0.15) is 5.82 Å². The lowest BCUT2D eigenvalue weighted by molar-refractivity contribution is 0.577. The van der Waals surface area contributed by atoms with Crippen molar-refractivity contribution in [2.75, 3.05) is 5.75 Å². The zero-order chi connectivity index (χ0) is 11.5. The van der Waals surface area contributed by atoms with Gasteiger partial charge in [-0.15, -0.1) is 0 Å². The fourth-order valence-electron chi connectivity index (χ4n) is 1.29. The van der Waals surface area contributed by atoms with Crippen LogP contribution in [0.1, 0.15) is 25.6 Å². The quantitative estimate of drug-likeness (QED) is 0.752. The van der Waals surface area contributed by atoms with E-state index in [9.17, 15) is 8.42 Å². The van der Waals surface area contributed by atoms with E-state index in [1.165, 1.54) is 0 Å². The summed E-state index contributed by atoms with van der Waals surface area (Å²) in [7, 11) is 1.52. The number of sulfonamides is 1. The molecule has 1 N–H and O–H groups in total. The molecule has 0 spiro atoms. The average molecular weight is 229 g/mol. The lowest BCUT2D eigenvalue weighted by Gasteiger charge is -2.09. The van der Waals surface area contributed by atoms with Gasteiger partial charge in [0, 0.05) is 24.9 Å². The smallest absolute Gasteiger partial charge is 0.213 e.